The molecule has 1 aromatic rings. The van der Waals surface area contributed by atoms with Crippen LogP contribution in [0.1, 0.15) is 5.69 Å². The molecule has 10 heteroatoms. The zero-order chi connectivity index (χ0) is 14.6. The third-order valence-corrected chi connectivity index (χ3v) is 2.16. The van der Waals surface area contributed by atoms with Crippen molar-refractivity contribution in [1.29, 1.82) is 0 Å². The number of carbonyl (C=O) groups is 2. The lowest BCUT2D eigenvalue weighted by molar-refractivity contribution is -0.171. The maximum absolute atomic E-state index is 12.7. The van der Waals surface area contributed by atoms with Crippen molar-refractivity contribution >= 4 is 11.9 Å². The number of hydrogen-bond acceptors (Lipinski definition) is 3. The van der Waals surface area contributed by atoms with E-state index in [0.29, 0.717) is 0 Å². The molecule has 0 aromatic carbocycles. The number of amides is 1. The first kappa shape index (κ1) is 14.9. The van der Waals surface area contributed by atoms with E-state index in [-0.39, 0.29) is 12.1 Å². The molecule has 106 valence electrons. The lowest BCUT2D eigenvalue weighted by Crippen LogP contribution is -2.52. The van der Waals surface area contributed by atoms with Crippen molar-refractivity contribution < 1.29 is 32.3 Å². The summed E-state index contributed by atoms with van der Waals surface area (Å²) in [4.78, 5) is 27.8. The normalized spacial score (nSPS) is 13.3. The van der Waals surface area contributed by atoms with Gasteiger partial charge in [0.1, 0.15) is 6.04 Å². The van der Waals surface area contributed by atoms with Gasteiger partial charge in [0, 0.05) is 18.3 Å². The third kappa shape index (κ3) is 3.66. The second-order valence-electron chi connectivity index (χ2n) is 3.57. The van der Waals surface area contributed by atoms with Crippen LogP contribution in [0.4, 0.5) is 17.6 Å². The molecule has 0 aliphatic rings. The van der Waals surface area contributed by atoms with Gasteiger partial charge in [-0.15, -0.1) is 0 Å². The molecule has 1 rings (SSSR count). The number of nitrogens with one attached hydrogen (secondary N) is 2. The summed E-state index contributed by atoms with van der Waals surface area (Å²) in [6.07, 6.45) is -2.17. The number of imidazole rings is 1. The van der Waals surface area contributed by atoms with Gasteiger partial charge in [-0.2, -0.15) is 8.78 Å². The maximum Gasteiger partial charge on any atom is 0.383 e. The van der Waals surface area contributed by atoms with Crippen molar-refractivity contribution in [1.82, 2.24) is 15.3 Å². The Hall–Kier alpha value is -2.13. The first-order chi connectivity index (χ1) is 8.75. The van der Waals surface area contributed by atoms with Crippen LogP contribution in [-0.4, -0.2) is 45.3 Å². The molecule has 19 heavy (non-hydrogen) atoms. The number of rotatable bonds is 6. The molecule has 1 amide bonds. The number of aliphatic carboxylic acids is 1. The lowest BCUT2D eigenvalue weighted by Gasteiger charge is -2.18. The van der Waals surface area contributed by atoms with Gasteiger partial charge >= 0.3 is 18.3 Å². The molecule has 0 saturated heterocycles. The fourth-order valence-corrected chi connectivity index (χ4v) is 1.17. The predicted octanol–water partition coefficient (Wildman–Crippen LogP) is 0.422. The molecule has 1 aromatic heterocycles. The Labute approximate surface area is 103 Å². The zero-order valence-corrected chi connectivity index (χ0v) is 9.24. The van der Waals surface area contributed by atoms with Crippen LogP contribution in [0.3, 0.4) is 0 Å². The Balaban J connectivity index is 2.74. The molecular formula is C9H9F4N3O3. The summed E-state index contributed by atoms with van der Waals surface area (Å²) in [5.41, 5.74) is 0.244. The van der Waals surface area contributed by atoms with Crippen LogP contribution in [0.2, 0.25) is 0 Å². The van der Waals surface area contributed by atoms with Crippen molar-refractivity contribution in [3.63, 3.8) is 0 Å². The topological polar surface area (TPSA) is 95.1 Å². The van der Waals surface area contributed by atoms with Crippen molar-refractivity contribution in [2.45, 2.75) is 24.8 Å². The van der Waals surface area contributed by atoms with Gasteiger partial charge in [-0.1, -0.05) is 0 Å². The Morgan fingerprint density at radius 1 is 1.47 bits per heavy atom. The van der Waals surface area contributed by atoms with E-state index in [9.17, 15) is 27.2 Å². The summed E-state index contributed by atoms with van der Waals surface area (Å²) in [7, 11) is 0. The minimum Gasteiger partial charge on any atom is -0.480 e. The molecule has 3 N–H and O–H groups in total. The van der Waals surface area contributed by atoms with Crippen molar-refractivity contribution in [2.75, 3.05) is 0 Å². The lowest BCUT2D eigenvalue weighted by atomic mass is 10.1. The number of nitrogens with zero attached hydrogens (tertiary/aromatic N) is 1. The molecule has 0 aliphatic heterocycles. The fraction of sp³-hybridized carbons (Fsp3) is 0.444. The summed E-state index contributed by atoms with van der Waals surface area (Å²) in [5, 5.41) is 10.1. The average molecular weight is 283 g/mol. The van der Waals surface area contributed by atoms with Gasteiger partial charge in [-0.25, -0.2) is 18.6 Å². The molecule has 0 aliphatic carbocycles. The molecule has 6 nitrogen and oxygen atoms in total. The number of hydrogen-bond donors (Lipinski definition) is 3. The number of carboxylic acid groups (broad SMARTS) is 1. The van der Waals surface area contributed by atoms with Gasteiger partial charge in [0.05, 0.1) is 6.33 Å². The van der Waals surface area contributed by atoms with Gasteiger partial charge in [0.2, 0.25) is 0 Å². The Morgan fingerprint density at radius 3 is 2.53 bits per heavy atom. The summed E-state index contributed by atoms with van der Waals surface area (Å²) in [5.74, 6) is -8.91. The Kier molecular flexibility index (Phi) is 4.46. The number of alkyl halides is 4. The molecule has 0 fully saturated rings. The van der Waals surface area contributed by atoms with Crippen LogP contribution in [0.15, 0.2) is 12.5 Å². The summed E-state index contributed by atoms with van der Waals surface area (Å²) < 4.78 is 49.2. The molecule has 1 atom stereocenters. The first-order valence-corrected chi connectivity index (χ1v) is 4.92. The molecule has 0 radical (unpaired) electrons. The van der Waals surface area contributed by atoms with Crippen LogP contribution in [-0.2, 0) is 16.0 Å². The summed E-state index contributed by atoms with van der Waals surface area (Å²) in [6, 6.07) is -1.77. The standard InChI is InChI=1S/C9H9F4N3O3/c10-7(11)9(12,13)8(19)16-5(6(17)18)1-4-2-14-3-15-4/h2-3,5,7H,1H2,(H,14,15)(H,16,19)(H,17,18). The van der Waals surface area contributed by atoms with E-state index < -0.39 is 30.3 Å². The predicted molar refractivity (Wildman–Crippen MR) is 52.8 cm³/mol. The molecule has 0 bridgehead atoms. The van der Waals surface area contributed by atoms with Crippen molar-refractivity contribution in [3.8, 4) is 0 Å². The van der Waals surface area contributed by atoms with Crippen molar-refractivity contribution in [2.24, 2.45) is 0 Å². The highest BCUT2D eigenvalue weighted by atomic mass is 19.3. The number of H-pyrrole nitrogens is 1. The van der Waals surface area contributed by atoms with Crippen LogP contribution >= 0.6 is 0 Å². The Bertz CT molecular complexity index is 450. The minimum absolute atomic E-state index is 0.244. The van der Waals surface area contributed by atoms with E-state index in [0.717, 1.165) is 0 Å². The largest absolute Gasteiger partial charge is 0.480 e. The van der Waals surface area contributed by atoms with Crippen molar-refractivity contribution in [3.05, 3.63) is 18.2 Å². The van der Waals surface area contributed by atoms with E-state index in [1.165, 1.54) is 17.8 Å². The molecule has 0 saturated carbocycles. The third-order valence-electron chi connectivity index (χ3n) is 2.16. The SMILES string of the molecule is O=C(O)C(Cc1cnc[nH]1)NC(=O)C(F)(F)C(F)F. The molecule has 1 unspecified atom stereocenters. The first-order valence-electron chi connectivity index (χ1n) is 4.92. The summed E-state index contributed by atoms with van der Waals surface area (Å²) >= 11 is 0. The smallest absolute Gasteiger partial charge is 0.383 e. The van der Waals surface area contributed by atoms with E-state index in [1.807, 2.05) is 0 Å². The van der Waals surface area contributed by atoms with E-state index in [1.54, 1.807) is 0 Å². The molecular weight excluding hydrogens is 274 g/mol. The van der Waals surface area contributed by atoms with Crippen LogP contribution in [0.25, 0.3) is 0 Å². The van der Waals surface area contributed by atoms with Crippen LogP contribution in [0, 0.1) is 0 Å². The fourth-order valence-electron chi connectivity index (χ4n) is 1.17. The van der Waals surface area contributed by atoms with Gasteiger partial charge in [-0.05, 0) is 0 Å². The number of aromatic amines is 1. The van der Waals surface area contributed by atoms with E-state index in [4.69, 9.17) is 5.11 Å². The number of halogens is 4. The average Bonchev–Trinajstić information content (AvgIpc) is 2.80. The van der Waals surface area contributed by atoms with E-state index >= 15 is 0 Å². The highest BCUT2D eigenvalue weighted by molar-refractivity contribution is 5.88. The van der Waals surface area contributed by atoms with Gasteiger partial charge in [0.15, 0.2) is 0 Å². The summed E-state index contributed by atoms with van der Waals surface area (Å²) in [6.45, 7) is 0. The maximum atomic E-state index is 12.7. The van der Waals surface area contributed by atoms with Gasteiger partial charge in [0.25, 0.3) is 5.91 Å². The second kappa shape index (κ2) is 5.67. The monoisotopic (exact) mass is 283 g/mol. The van der Waals surface area contributed by atoms with Gasteiger partial charge < -0.3 is 15.4 Å². The number of aromatic nitrogens is 2. The second-order valence-corrected chi connectivity index (χ2v) is 3.57. The Morgan fingerprint density at radius 2 is 2.11 bits per heavy atom. The minimum atomic E-state index is -4.94. The number of carboxylic acids is 1. The highest BCUT2D eigenvalue weighted by Crippen LogP contribution is 2.23. The highest BCUT2D eigenvalue weighted by Gasteiger charge is 2.49. The molecule has 0 spiro atoms. The van der Waals surface area contributed by atoms with E-state index in [2.05, 4.69) is 9.97 Å². The van der Waals surface area contributed by atoms with Gasteiger partial charge in [-0.3, -0.25) is 4.79 Å². The van der Waals surface area contributed by atoms with Crippen LogP contribution in [0.5, 0.6) is 0 Å². The quantitative estimate of drug-likeness (QED) is 0.659. The number of carbonyl (C=O) groups excluding carboxylic acids is 1. The molecule has 1 heterocycles. The zero-order valence-electron chi connectivity index (χ0n) is 9.24. The van der Waals surface area contributed by atoms with Crippen LogP contribution < -0.4 is 5.32 Å².